The van der Waals surface area contributed by atoms with Gasteiger partial charge in [0.2, 0.25) is 0 Å². The number of methoxy groups -OCH3 is 2. The molecule has 0 saturated heterocycles. The zero-order valence-electron chi connectivity index (χ0n) is 18.5. The summed E-state index contributed by atoms with van der Waals surface area (Å²) in [5.41, 5.74) is 1.08. The summed E-state index contributed by atoms with van der Waals surface area (Å²) in [5, 5.41) is 6.74. The molecule has 28 heavy (non-hydrogen) atoms. The fourth-order valence-electron chi connectivity index (χ4n) is 3.07. The van der Waals surface area contributed by atoms with Crippen LogP contribution in [0.3, 0.4) is 0 Å². The van der Waals surface area contributed by atoms with Crippen LogP contribution in [0.4, 0.5) is 0 Å². The number of guanidine groups is 1. The second-order valence-electron chi connectivity index (χ2n) is 7.09. The molecule has 0 bridgehead atoms. The van der Waals surface area contributed by atoms with Crippen LogP contribution in [-0.2, 0) is 6.54 Å². The van der Waals surface area contributed by atoms with E-state index in [4.69, 9.17) is 9.47 Å². The Hall–Kier alpha value is -1.22. The Labute approximate surface area is 188 Å². The quantitative estimate of drug-likeness (QED) is 0.207. The molecule has 162 valence electrons. The fourth-order valence-corrected chi connectivity index (χ4v) is 3.07. The number of benzene rings is 1. The maximum Gasteiger partial charge on any atom is 0.191 e. The Kier molecular flexibility index (Phi) is 14.1. The molecule has 0 unspecified atom stereocenters. The smallest absolute Gasteiger partial charge is 0.191 e. The molecule has 0 fully saturated rings. The van der Waals surface area contributed by atoms with Gasteiger partial charge in [0.1, 0.15) is 0 Å². The summed E-state index contributed by atoms with van der Waals surface area (Å²) in [5.74, 6) is 2.30. The van der Waals surface area contributed by atoms with Crippen LogP contribution in [0.5, 0.6) is 11.5 Å². The summed E-state index contributed by atoms with van der Waals surface area (Å²) >= 11 is 0. The van der Waals surface area contributed by atoms with E-state index in [-0.39, 0.29) is 24.0 Å². The van der Waals surface area contributed by atoms with Crippen molar-refractivity contribution in [3.05, 3.63) is 23.8 Å². The van der Waals surface area contributed by atoms with Crippen LogP contribution >= 0.6 is 24.0 Å². The summed E-state index contributed by atoms with van der Waals surface area (Å²) in [6.07, 6.45) is 1.08. The first-order valence-corrected chi connectivity index (χ1v) is 9.91. The molecule has 0 amide bonds. The van der Waals surface area contributed by atoms with Gasteiger partial charge in [0.05, 0.1) is 20.8 Å². The maximum atomic E-state index is 5.36. The van der Waals surface area contributed by atoms with Crippen LogP contribution in [-0.4, -0.2) is 56.8 Å². The van der Waals surface area contributed by atoms with E-state index in [1.165, 1.54) is 0 Å². The van der Waals surface area contributed by atoms with Crippen molar-refractivity contribution >= 4 is 29.9 Å². The zero-order chi connectivity index (χ0) is 20.2. The summed E-state index contributed by atoms with van der Waals surface area (Å²) in [6, 6.07) is 7.03. The van der Waals surface area contributed by atoms with Crippen molar-refractivity contribution < 1.29 is 9.47 Å². The third kappa shape index (κ3) is 9.32. The Balaban J connectivity index is 0.00000729. The van der Waals surface area contributed by atoms with Gasteiger partial charge >= 0.3 is 0 Å². The van der Waals surface area contributed by atoms with Crippen LogP contribution in [0, 0.1) is 0 Å². The minimum absolute atomic E-state index is 0. The molecule has 0 atom stereocenters. The SMILES string of the molecule is CCNC(=NCc1ccc(OC)c(OC)c1)NCCCN(C(C)C)C(C)C.I. The minimum Gasteiger partial charge on any atom is -0.493 e. The van der Waals surface area contributed by atoms with E-state index in [9.17, 15) is 0 Å². The van der Waals surface area contributed by atoms with Crippen molar-refractivity contribution in [1.29, 1.82) is 0 Å². The number of nitrogens with one attached hydrogen (secondary N) is 2. The van der Waals surface area contributed by atoms with E-state index >= 15 is 0 Å². The average Bonchev–Trinajstić information content (AvgIpc) is 2.64. The molecule has 1 aromatic carbocycles. The van der Waals surface area contributed by atoms with Crippen LogP contribution < -0.4 is 20.1 Å². The first-order chi connectivity index (χ1) is 12.9. The second kappa shape index (κ2) is 14.7. The van der Waals surface area contributed by atoms with Gasteiger partial charge < -0.3 is 20.1 Å². The van der Waals surface area contributed by atoms with Gasteiger partial charge in [-0.2, -0.15) is 0 Å². The molecule has 0 aliphatic heterocycles. The van der Waals surface area contributed by atoms with E-state index in [1.807, 2.05) is 18.2 Å². The number of ether oxygens (including phenoxy) is 2. The molecule has 6 nitrogen and oxygen atoms in total. The number of aliphatic imine (C=N–C) groups is 1. The van der Waals surface area contributed by atoms with Gasteiger partial charge in [-0.05, 0) is 58.7 Å². The predicted molar refractivity (Wildman–Crippen MR) is 129 cm³/mol. The highest BCUT2D eigenvalue weighted by Gasteiger charge is 2.12. The molecule has 2 N–H and O–H groups in total. The highest BCUT2D eigenvalue weighted by Crippen LogP contribution is 2.27. The topological polar surface area (TPSA) is 58.1 Å². The van der Waals surface area contributed by atoms with Crippen molar-refractivity contribution in [2.75, 3.05) is 33.9 Å². The zero-order valence-corrected chi connectivity index (χ0v) is 20.9. The molecular weight excluding hydrogens is 467 g/mol. The van der Waals surface area contributed by atoms with E-state index in [2.05, 4.69) is 55.1 Å². The van der Waals surface area contributed by atoms with Crippen LogP contribution in [0.25, 0.3) is 0 Å². The number of halogens is 1. The number of hydrogen-bond donors (Lipinski definition) is 2. The van der Waals surface area contributed by atoms with E-state index in [0.717, 1.165) is 49.1 Å². The van der Waals surface area contributed by atoms with E-state index < -0.39 is 0 Å². The first-order valence-electron chi connectivity index (χ1n) is 9.91. The number of rotatable bonds is 11. The average molecular weight is 506 g/mol. The summed E-state index contributed by atoms with van der Waals surface area (Å²) < 4.78 is 10.6. The van der Waals surface area contributed by atoms with Gasteiger partial charge in [0.15, 0.2) is 17.5 Å². The lowest BCUT2D eigenvalue weighted by Crippen LogP contribution is -2.41. The summed E-state index contributed by atoms with van der Waals surface area (Å²) in [6.45, 7) is 14.5. The molecule has 0 radical (unpaired) electrons. The van der Waals surface area contributed by atoms with Gasteiger partial charge in [-0.3, -0.25) is 4.90 Å². The molecule has 0 aliphatic carbocycles. The Morgan fingerprint density at radius 1 is 1.04 bits per heavy atom. The Morgan fingerprint density at radius 3 is 2.21 bits per heavy atom. The Bertz CT molecular complexity index is 572. The fraction of sp³-hybridized carbons (Fsp3) is 0.667. The molecule has 1 rings (SSSR count). The number of hydrogen-bond acceptors (Lipinski definition) is 4. The van der Waals surface area contributed by atoms with Crippen molar-refractivity contribution in [3.63, 3.8) is 0 Å². The van der Waals surface area contributed by atoms with Gasteiger partial charge in [-0.1, -0.05) is 6.07 Å². The van der Waals surface area contributed by atoms with E-state index in [1.54, 1.807) is 14.2 Å². The standard InChI is InChI=1S/C21H38N4O2.HI/c1-8-22-21(23-12-9-13-25(16(2)3)17(4)5)24-15-18-10-11-19(26-6)20(14-18)27-7;/h10-11,14,16-17H,8-9,12-13,15H2,1-7H3,(H2,22,23,24);1H. The highest BCUT2D eigenvalue weighted by atomic mass is 127. The van der Waals surface area contributed by atoms with Gasteiger partial charge in [-0.25, -0.2) is 4.99 Å². The molecule has 0 aromatic heterocycles. The minimum atomic E-state index is 0. The van der Waals surface area contributed by atoms with Gasteiger partial charge in [0.25, 0.3) is 0 Å². The van der Waals surface area contributed by atoms with Crippen LogP contribution in [0.1, 0.15) is 46.6 Å². The third-order valence-electron chi connectivity index (χ3n) is 4.42. The molecule has 0 spiro atoms. The second-order valence-corrected chi connectivity index (χ2v) is 7.09. The van der Waals surface area contributed by atoms with E-state index in [0.29, 0.717) is 18.6 Å². The van der Waals surface area contributed by atoms with Gasteiger partial charge in [0, 0.05) is 31.7 Å². The normalized spacial score (nSPS) is 11.6. The van der Waals surface area contributed by atoms with Crippen molar-refractivity contribution in [2.24, 2.45) is 4.99 Å². The molecule has 0 saturated carbocycles. The largest absolute Gasteiger partial charge is 0.493 e. The molecule has 1 aromatic rings. The van der Waals surface area contributed by atoms with Crippen molar-refractivity contribution in [2.45, 2.75) is 59.7 Å². The maximum absolute atomic E-state index is 5.36. The molecular formula is C21H39IN4O2. The van der Waals surface area contributed by atoms with Crippen molar-refractivity contribution in [1.82, 2.24) is 15.5 Å². The Morgan fingerprint density at radius 2 is 1.68 bits per heavy atom. The van der Waals surface area contributed by atoms with Crippen molar-refractivity contribution in [3.8, 4) is 11.5 Å². The highest BCUT2D eigenvalue weighted by molar-refractivity contribution is 14.0. The first kappa shape index (κ1) is 26.8. The lowest BCUT2D eigenvalue weighted by atomic mass is 10.2. The summed E-state index contributed by atoms with van der Waals surface area (Å²) in [4.78, 5) is 7.20. The summed E-state index contributed by atoms with van der Waals surface area (Å²) in [7, 11) is 3.29. The lowest BCUT2D eigenvalue weighted by Gasteiger charge is -2.30. The third-order valence-corrected chi connectivity index (χ3v) is 4.42. The predicted octanol–water partition coefficient (Wildman–Crippen LogP) is 3.89. The molecule has 0 aliphatic rings. The van der Waals surface area contributed by atoms with Gasteiger partial charge in [-0.15, -0.1) is 24.0 Å². The molecule has 7 heteroatoms. The molecule has 0 heterocycles. The van der Waals surface area contributed by atoms with Crippen LogP contribution in [0.15, 0.2) is 23.2 Å². The lowest BCUT2D eigenvalue weighted by molar-refractivity contribution is 0.173. The number of nitrogens with zero attached hydrogens (tertiary/aromatic N) is 2. The monoisotopic (exact) mass is 506 g/mol. The van der Waals surface area contributed by atoms with Crippen LogP contribution in [0.2, 0.25) is 0 Å².